The number of carbonyl (C=O) groups is 2. The van der Waals surface area contributed by atoms with E-state index in [4.69, 9.17) is 25.8 Å². The first-order valence-electron chi connectivity index (χ1n) is 8.38. The third kappa shape index (κ3) is 4.83. The Hall–Kier alpha value is -2.93. The van der Waals surface area contributed by atoms with Gasteiger partial charge in [-0.05, 0) is 42.3 Å². The molecule has 0 spiro atoms. The minimum Gasteiger partial charge on any atom is -0.495 e. The lowest BCUT2D eigenvalue weighted by Crippen LogP contribution is -2.41. The molecule has 0 radical (unpaired) electrons. The van der Waals surface area contributed by atoms with Crippen molar-refractivity contribution < 1.29 is 23.8 Å². The van der Waals surface area contributed by atoms with Crippen LogP contribution in [-0.2, 0) is 11.2 Å². The molecule has 1 aliphatic heterocycles. The predicted molar refractivity (Wildman–Crippen MR) is 99.4 cm³/mol. The van der Waals surface area contributed by atoms with Gasteiger partial charge in [-0.15, -0.1) is 0 Å². The number of hydrogen-bond donors (Lipinski definition) is 2. The van der Waals surface area contributed by atoms with Crippen LogP contribution in [0.15, 0.2) is 36.4 Å². The number of aryl methyl sites for hydroxylation is 1. The van der Waals surface area contributed by atoms with Gasteiger partial charge in [0, 0.05) is 12.0 Å². The van der Waals surface area contributed by atoms with Gasteiger partial charge in [0.15, 0.2) is 11.5 Å². The number of methoxy groups -OCH3 is 1. The Morgan fingerprint density at radius 3 is 2.59 bits per heavy atom. The van der Waals surface area contributed by atoms with Gasteiger partial charge in [0.05, 0.1) is 12.1 Å². The molecule has 2 aromatic rings. The third-order valence-electron chi connectivity index (χ3n) is 3.98. The van der Waals surface area contributed by atoms with E-state index in [1.165, 1.54) is 0 Å². The highest BCUT2D eigenvalue weighted by atomic mass is 35.5. The molecule has 0 aromatic heterocycles. The van der Waals surface area contributed by atoms with Crippen molar-refractivity contribution in [3.05, 3.63) is 52.5 Å². The fourth-order valence-electron chi connectivity index (χ4n) is 2.57. The lowest BCUT2D eigenvalue weighted by molar-refractivity contribution is -0.121. The number of ether oxygens (including phenoxy) is 3. The van der Waals surface area contributed by atoms with E-state index in [1.54, 1.807) is 37.4 Å². The van der Waals surface area contributed by atoms with Crippen LogP contribution in [0.4, 0.5) is 0 Å². The first-order valence-corrected chi connectivity index (χ1v) is 8.76. The van der Waals surface area contributed by atoms with Crippen molar-refractivity contribution in [2.45, 2.75) is 12.8 Å². The molecule has 0 aliphatic carbocycles. The zero-order chi connectivity index (χ0) is 19.2. The molecule has 142 valence electrons. The van der Waals surface area contributed by atoms with Crippen molar-refractivity contribution in [3.63, 3.8) is 0 Å². The molecule has 2 aromatic carbocycles. The van der Waals surface area contributed by atoms with Crippen molar-refractivity contribution in [1.29, 1.82) is 0 Å². The number of fused-ring (bicyclic) bond motifs is 1. The first-order chi connectivity index (χ1) is 13.1. The minimum absolute atomic E-state index is 0.198. The van der Waals surface area contributed by atoms with E-state index in [2.05, 4.69) is 10.9 Å². The van der Waals surface area contributed by atoms with E-state index >= 15 is 0 Å². The summed E-state index contributed by atoms with van der Waals surface area (Å²) >= 11 is 6.06. The fourth-order valence-corrected chi connectivity index (χ4v) is 2.85. The Morgan fingerprint density at radius 1 is 1.07 bits per heavy atom. The molecule has 0 atom stereocenters. The Labute approximate surface area is 161 Å². The van der Waals surface area contributed by atoms with Crippen LogP contribution in [0.25, 0.3) is 0 Å². The molecule has 0 saturated heterocycles. The second-order valence-electron chi connectivity index (χ2n) is 5.83. The van der Waals surface area contributed by atoms with E-state index < -0.39 is 5.91 Å². The standard InChI is InChI=1S/C19H19ClN2O5/c1-25-15-5-2-12(10-14(15)20)3-7-18(23)21-22-19(24)13-4-6-16-17(11-13)27-9-8-26-16/h2,4-6,10-11H,3,7-9H2,1H3,(H,21,23)(H,22,24). The molecule has 8 heteroatoms. The minimum atomic E-state index is -0.437. The summed E-state index contributed by atoms with van der Waals surface area (Å²) in [6.45, 7) is 0.915. The summed E-state index contributed by atoms with van der Waals surface area (Å²) in [5.74, 6) is 0.939. The van der Waals surface area contributed by atoms with E-state index in [0.717, 1.165) is 5.56 Å². The Morgan fingerprint density at radius 2 is 1.85 bits per heavy atom. The highest BCUT2D eigenvalue weighted by Gasteiger charge is 2.15. The van der Waals surface area contributed by atoms with Gasteiger partial charge in [-0.1, -0.05) is 17.7 Å². The summed E-state index contributed by atoms with van der Waals surface area (Å²) < 4.78 is 15.9. The van der Waals surface area contributed by atoms with Gasteiger partial charge in [-0.3, -0.25) is 20.4 Å². The van der Waals surface area contributed by atoms with E-state index in [-0.39, 0.29) is 12.3 Å². The molecule has 7 nitrogen and oxygen atoms in total. The van der Waals surface area contributed by atoms with Gasteiger partial charge in [-0.2, -0.15) is 0 Å². The average molecular weight is 391 g/mol. The fraction of sp³-hybridized carbons (Fsp3) is 0.263. The number of carbonyl (C=O) groups excluding carboxylic acids is 2. The van der Waals surface area contributed by atoms with Crippen molar-refractivity contribution in [1.82, 2.24) is 10.9 Å². The highest BCUT2D eigenvalue weighted by molar-refractivity contribution is 6.32. The van der Waals surface area contributed by atoms with Crippen LogP contribution in [0.2, 0.25) is 5.02 Å². The number of benzene rings is 2. The van der Waals surface area contributed by atoms with Gasteiger partial charge in [-0.25, -0.2) is 0 Å². The molecule has 0 saturated carbocycles. The van der Waals surface area contributed by atoms with E-state index in [0.29, 0.717) is 47.5 Å². The largest absolute Gasteiger partial charge is 0.495 e. The smallest absolute Gasteiger partial charge is 0.269 e. The molecule has 27 heavy (non-hydrogen) atoms. The number of halogens is 1. The Bertz CT molecular complexity index is 856. The lowest BCUT2D eigenvalue weighted by atomic mass is 10.1. The average Bonchev–Trinajstić information content (AvgIpc) is 2.70. The Kier molecular flexibility index (Phi) is 6.03. The molecule has 2 N–H and O–H groups in total. The second-order valence-corrected chi connectivity index (χ2v) is 6.24. The van der Waals surface area contributed by atoms with Crippen LogP contribution in [0.5, 0.6) is 17.2 Å². The summed E-state index contributed by atoms with van der Waals surface area (Å²) in [6.07, 6.45) is 0.680. The molecule has 0 bridgehead atoms. The topological polar surface area (TPSA) is 85.9 Å². The predicted octanol–water partition coefficient (Wildman–Crippen LogP) is 2.51. The Balaban J connectivity index is 1.48. The van der Waals surface area contributed by atoms with Crippen molar-refractivity contribution in [2.24, 2.45) is 0 Å². The van der Waals surface area contributed by atoms with E-state index in [1.807, 2.05) is 6.07 Å². The van der Waals surface area contributed by atoms with Crippen molar-refractivity contribution in [2.75, 3.05) is 20.3 Å². The quantitative estimate of drug-likeness (QED) is 0.766. The van der Waals surface area contributed by atoms with Crippen LogP contribution in [0, 0.1) is 0 Å². The van der Waals surface area contributed by atoms with Crippen LogP contribution in [0.1, 0.15) is 22.3 Å². The maximum absolute atomic E-state index is 12.2. The molecule has 0 unspecified atom stereocenters. The SMILES string of the molecule is COc1ccc(CCC(=O)NNC(=O)c2ccc3c(c2)OCCO3)cc1Cl. The van der Waals surface area contributed by atoms with Gasteiger partial charge in [0.1, 0.15) is 19.0 Å². The third-order valence-corrected chi connectivity index (χ3v) is 4.27. The molecule has 1 heterocycles. The van der Waals surface area contributed by atoms with Gasteiger partial charge >= 0.3 is 0 Å². The van der Waals surface area contributed by atoms with Crippen LogP contribution >= 0.6 is 11.6 Å². The van der Waals surface area contributed by atoms with Crippen LogP contribution < -0.4 is 25.1 Å². The monoisotopic (exact) mass is 390 g/mol. The van der Waals surface area contributed by atoms with Gasteiger partial charge < -0.3 is 14.2 Å². The second kappa shape index (κ2) is 8.64. The highest BCUT2D eigenvalue weighted by Crippen LogP contribution is 2.30. The summed E-state index contributed by atoms with van der Waals surface area (Å²) in [5, 5.41) is 0.488. The molecule has 0 fully saturated rings. The molecular formula is C19H19ClN2O5. The number of hydrogen-bond acceptors (Lipinski definition) is 5. The maximum Gasteiger partial charge on any atom is 0.269 e. The van der Waals surface area contributed by atoms with Crippen LogP contribution in [-0.4, -0.2) is 32.1 Å². The normalized spacial score (nSPS) is 12.2. The zero-order valence-electron chi connectivity index (χ0n) is 14.7. The molecular weight excluding hydrogens is 372 g/mol. The van der Waals surface area contributed by atoms with Crippen LogP contribution in [0.3, 0.4) is 0 Å². The lowest BCUT2D eigenvalue weighted by Gasteiger charge is -2.18. The van der Waals surface area contributed by atoms with Crippen molar-refractivity contribution in [3.8, 4) is 17.2 Å². The van der Waals surface area contributed by atoms with E-state index in [9.17, 15) is 9.59 Å². The van der Waals surface area contributed by atoms with Crippen molar-refractivity contribution >= 4 is 23.4 Å². The molecule has 1 aliphatic rings. The summed E-state index contributed by atoms with van der Waals surface area (Å²) in [7, 11) is 1.54. The maximum atomic E-state index is 12.2. The summed E-state index contributed by atoms with van der Waals surface area (Å²) in [4.78, 5) is 24.1. The zero-order valence-corrected chi connectivity index (χ0v) is 15.5. The number of nitrogens with one attached hydrogen (secondary N) is 2. The summed E-state index contributed by atoms with van der Waals surface area (Å²) in [6, 6.07) is 10.2. The first kappa shape index (κ1) is 18.8. The van der Waals surface area contributed by atoms with Gasteiger partial charge in [0.2, 0.25) is 5.91 Å². The number of amides is 2. The molecule has 2 amide bonds. The summed E-state index contributed by atoms with van der Waals surface area (Å²) in [5.41, 5.74) is 6.05. The number of rotatable bonds is 5. The molecule has 3 rings (SSSR count). The van der Waals surface area contributed by atoms with Gasteiger partial charge in [0.25, 0.3) is 5.91 Å². The number of hydrazine groups is 1.